The van der Waals surface area contributed by atoms with Gasteiger partial charge in [0.2, 0.25) is 0 Å². The molecule has 1 fully saturated rings. The van der Waals surface area contributed by atoms with Crippen LogP contribution in [0.25, 0.3) is 0 Å². The lowest BCUT2D eigenvalue weighted by atomic mass is 9.89. The summed E-state index contributed by atoms with van der Waals surface area (Å²) in [5.74, 6) is 2.92. The van der Waals surface area contributed by atoms with Gasteiger partial charge in [0.05, 0.1) is 6.54 Å². The van der Waals surface area contributed by atoms with E-state index in [0.29, 0.717) is 6.04 Å². The van der Waals surface area contributed by atoms with Crippen molar-refractivity contribution in [2.24, 2.45) is 11.7 Å². The molecule has 17 heavy (non-hydrogen) atoms. The average molecular weight is 236 g/mol. The Balaban J connectivity index is 1.95. The van der Waals surface area contributed by atoms with Gasteiger partial charge in [0.25, 0.3) is 0 Å². The standard InChI is InChI=1S/C14H24N2O/c1-3-12-6-7-16(13(8-12)9-15)10-14-5-4-11(2)17-14/h4-5,12-13H,3,6-10,15H2,1-2H3. The molecule has 1 aromatic rings. The molecule has 3 heteroatoms. The van der Waals surface area contributed by atoms with Crippen LogP contribution in [0, 0.1) is 12.8 Å². The minimum atomic E-state index is 0.527. The Kier molecular flexibility index (Phi) is 4.24. The fourth-order valence-corrected chi connectivity index (χ4v) is 2.78. The highest BCUT2D eigenvalue weighted by Crippen LogP contribution is 2.26. The number of likely N-dealkylation sites (tertiary alicyclic amines) is 1. The number of nitrogens with zero attached hydrogens (tertiary/aromatic N) is 1. The van der Waals surface area contributed by atoms with Crippen molar-refractivity contribution in [2.45, 2.75) is 45.7 Å². The van der Waals surface area contributed by atoms with E-state index >= 15 is 0 Å². The third kappa shape index (κ3) is 3.11. The molecule has 2 rings (SSSR count). The number of hydrogen-bond donors (Lipinski definition) is 1. The van der Waals surface area contributed by atoms with Gasteiger partial charge in [0, 0.05) is 12.6 Å². The molecule has 0 amide bonds. The summed E-state index contributed by atoms with van der Waals surface area (Å²) in [5, 5.41) is 0. The number of furan rings is 1. The van der Waals surface area contributed by atoms with Crippen molar-refractivity contribution in [1.29, 1.82) is 0 Å². The summed E-state index contributed by atoms with van der Waals surface area (Å²) in [6, 6.07) is 4.64. The van der Waals surface area contributed by atoms with Gasteiger partial charge >= 0.3 is 0 Å². The smallest absolute Gasteiger partial charge is 0.118 e. The van der Waals surface area contributed by atoms with Gasteiger partial charge in [-0.2, -0.15) is 0 Å². The molecular weight excluding hydrogens is 212 g/mol. The second-order valence-corrected chi connectivity index (χ2v) is 5.17. The molecule has 2 unspecified atom stereocenters. The Morgan fingerprint density at radius 3 is 2.88 bits per heavy atom. The quantitative estimate of drug-likeness (QED) is 0.873. The van der Waals surface area contributed by atoms with Crippen LogP contribution in [-0.4, -0.2) is 24.0 Å². The summed E-state index contributed by atoms with van der Waals surface area (Å²) >= 11 is 0. The maximum Gasteiger partial charge on any atom is 0.118 e. The predicted molar refractivity (Wildman–Crippen MR) is 69.7 cm³/mol. The maximum absolute atomic E-state index is 5.90. The summed E-state index contributed by atoms with van der Waals surface area (Å²) in [7, 11) is 0. The van der Waals surface area contributed by atoms with Gasteiger partial charge in [0.1, 0.15) is 11.5 Å². The van der Waals surface area contributed by atoms with Gasteiger partial charge in [-0.1, -0.05) is 13.3 Å². The molecule has 2 heterocycles. The van der Waals surface area contributed by atoms with Crippen LogP contribution >= 0.6 is 0 Å². The first-order valence-corrected chi connectivity index (χ1v) is 6.72. The lowest BCUT2D eigenvalue weighted by Gasteiger charge is -2.38. The molecule has 0 aliphatic carbocycles. The van der Waals surface area contributed by atoms with E-state index in [1.54, 1.807) is 0 Å². The van der Waals surface area contributed by atoms with E-state index in [0.717, 1.165) is 37.1 Å². The number of hydrogen-bond acceptors (Lipinski definition) is 3. The van der Waals surface area contributed by atoms with Crippen molar-refractivity contribution in [3.63, 3.8) is 0 Å². The fourth-order valence-electron chi connectivity index (χ4n) is 2.78. The van der Waals surface area contributed by atoms with Gasteiger partial charge in [0.15, 0.2) is 0 Å². The van der Waals surface area contributed by atoms with E-state index in [1.807, 2.05) is 13.0 Å². The number of aryl methyl sites for hydroxylation is 1. The molecule has 3 nitrogen and oxygen atoms in total. The summed E-state index contributed by atoms with van der Waals surface area (Å²) < 4.78 is 5.65. The first-order chi connectivity index (χ1) is 8.22. The zero-order valence-corrected chi connectivity index (χ0v) is 11.0. The fraction of sp³-hybridized carbons (Fsp3) is 0.714. The second kappa shape index (κ2) is 5.69. The molecule has 0 radical (unpaired) electrons. The van der Waals surface area contributed by atoms with Gasteiger partial charge < -0.3 is 10.2 Å². The van der Waals surface area contributed by atoms with Crippen LogP contribution in [0.1, 0.15) is 37.7 Å². The van der Waals surface area contributed by atoms with Crippen molar-refractivity contribution in [2.75, 3.05) is 13.1 Å². The number of rotatable bonds is 4. The predicted octanol–water partition coefficient (Wildman–Crippen LogP) is 2.54. The lowest BCUT2D eigenvalue weighted by Crippen LogP contribution is -2.45. The molecule has 2 N–H and O–H groups in total. The normalized spacial score (nSPS) is 26.3. The van der Waals surface area contributed by atoms with Crippen molar-refractivity contribution >= 4 is 0 Å². The van der Waals surface area contributed by atoms with Crippen LogP contribution < -0.4 is 5.73 Å². The minimum absolute atomic E-state index is 0.527. The Morgan fingerprint density at radius 2 is 2.29 bits per heavy atom. The molecule has 0 spiro atoms. The molecule has 96 valence electrons. The first kappa shape index (κ1) is 12.7. The van der Waals surface area contributed by atoms with Crippen molar-refractivity contribution < 1.29 is 4.42 Å². The zero-order valence-electron chi connectivity index (χ0n) is 11.0. The van der Waals surface area contributed by atoms with Crippen LogP contribution in [0.2, 0.25) is 0 Å². The van der Waals surface area contributed by atoms with E-state index in [9.17, 15) is 0 Å². The number of piperidine rings is 1. The Hall–Kier alpha value is -0.800. The lowest BCUT2D eigenvalue weighted by molar-refractivity contribution is 0.0996. The van der Waals surface area contributed by atoms with Crippen molar-refractivity contribution in [3.8, 4) is 0 Å². The summed E-state index contributed by atoms with van der Waals surface area (Å²) in [4.78, 5) is 2.48. The second-order valence-electron chi connectivity index (χ2n) is 5.17. The largest absolute Gasteiger partial charge is 0.465 e. The molecule has 1 aliphatic rings. The minimum Gasteiger partial charge on any atom is -0.465 e. The monoisotopic (exact) mass is 236 g/mol. The molecule has 0 bridgehead atoms. The van der Waals surface area contributed by atoms with Gasteiger partial charge in [-0.05, 0) is 44.4 Å². The molecule has 0 saturated carbocycles. The van der Waals surface area contributed by atoms with E-state index in [2.05, 4.69) is 17.9 Å². The Bertz CT molecular complexity index is 348. The summed E-state index contributed by atoms with van der Waals surface area (Å²) in [6.45, 7) is 7.10. The molecule has 1 aliphatic heterocycles. The SMILES string of the molecule is CCC1CCN(Cc2ccc(C)o2)C(CN)C1. The molecule has 1 saturated heterocycles. The third-order valence-corrected chi connectivity index (χ3v) is 3.95. The van der Waals surface area contributed by atoms with Crippen LogP contribution in [-0.2, 0) is 6.54 Å². The van der Waals surface area contributed by atoms with Crippen LogP contribution in [0.15, 0.2) is 16.5 Å². The van der Waals surface area contributed by atoms with E-state index in [1.165, 1.54) is 19.3 Å². The molecule has 1 aromatic heterocycles. The third-order valence-electron chi connectivity index (χ3n) is 3.95. The molecule has 2 atom stereocenters. The number of nitrogens with two attached hydrogens (primary N) is 1. The topological polar surface area (TPSA) is 42.4 Å². The molecule has 0 aromatic carbocycles. The van der Waals surface area contributed by atoms with Crippen molar-refractivity contribution in [3.05, 3.63) is 23.7 Å². The first-order valence-electron chi connectivity index (χ1n) is 6.72. The summed E-state index contributed by atoms with van der Waals surface area (Å²) in [5.41, 5.74) is 5.90. The van der Waals surface area contributed by atoms with Crippen LogP contribution in [0.5, 0.6) is 0 Å². The van der Waals surface area contributed by atoms with Crippen LogP contribution in [0.4, 0.5) is 0 Å². The van der Waals surface area contributed by atoms with Gasteiger partial charge in [-0.25, -0.2) is 0 Å². The maximum atomic E-state index is 5.90. The van der Waals surface area contributed by atoms with Gasteiger partial charge in [-0.3, -0.25) is 4.90 Å². The van der Waals surface area contributed by atoms with E-state index in [-0.39, 0.29) is 0 Å². The zero-order chi connectivity index (χ0) is 12.3. The Morgan fingerprint density at radius 1 is 1.47 bits per heavy atom. The highest BCUT2D eigenvalue weighted by Gasteiger charge is 2.27. The Labute approximate surface area is 104 Å². The molecular formula is C14H24N2O. The highest BCUT2D eigenvalue weighted by molar-refractivity contribution is 5.05. The van der Waals surface area contributed by atoms with Crippen molar-refractivity contribution in [1.82, 2.24) is 4.90 Å². The highest BCUT2D eigenvalue weighted by atomic mass is 16.3. The van der Waals surface area contributed by atoms with E-state index < -0.39 is 0 Å². The van der Waals surface area contributed by atoms with Crippen LogP contribution in [0.3, 0.4) is 0 Å². The van der Waals surface area contributed by atoms with E-state index in [4.69, 9.17) is 10.2 Å². The van der Waals surface area contributed by atoms with Gasteiger partial charge in [-0.15, -0.1) is 0 Å². The average Bonchev–Trinajstić information content (AvgIpc) is 2.75. The summed E-state index contributed by atoms with van der Waals surface area (Å²) in [6.07, 6.45) is 3.82.